The van der Waals surface area contributed by atoms with Gasteiger partial charge >= 0.3 is 0 Å². The lowest BCUT2D eigenvalue weighted by Crippen LogP contribution is -2.44. The van der Waals surface area contributed by atoms with Gasteiger partial charge in [-0.15, -0.1) is 0 Å². The molecule has 0 radical (unpaired) electrons. The normalized spacial score (nSPS) is 16.7. The third-order valence-corrected chi connectivity index (χ3v) is 4.47. The molecule has 4 nitrogen and oxygen atoms in total. The fourth-order valence-electron chi connectivity index (χ4n) is 2.45. The van der Waals surface area contributed by atoms with Crippen LogP contribution in [-0.4, -0.2) is 43.6 Å². The summed E-state index contributed by atoms with van der Waals surface area (Å²) in [6, 6.07) is 6.24. The molecule has 0 unspecified atom stereocenters. The zero-order valence-electron chi connectivity index (χ0n) is 12.7. The molecule has 0 aliphatic carbocycles. The number of halogens is 1. The van der Waals surface area contributed by atoms with E-state index in [1.165, 1.54) is 5.56 Å². The maximum atomic E-state index is 11.9. The lowest BCUT2D eigenvalue weighted by molar-refractivity contribution is -0.124. The van der Waals surface area contributed by atoms with Gasteiger partial charge in [0.15, 0.2) is 6.61 Å². The molecule has 1 heterocycles. The maximum Gasteiger partial charge on any atom is 0.258 e. The second-order valence-corrected chi connectivity index (χ2v) is 6.41. The number of ether oxygens (including phenoxy) is 1. The Bertz CT molecular complexity index is 485. The van der Waals surface area contributed by atoms with E-state index in [1.807, 2.05) is 18.2 Å². The number of rotatable bonds is 5. The Morgan fingerprint density at radius 3 is 2.76 bits per heavy atom. The zero-order valence-corrected chi connectivity index (χ0v) is 14.3. The monoisotopic (exact) mass is 354 g/mol. The Kier molecular flexibility index (Phi) is 6.06. The van der Waals surface area contributed by atoms with Crippen LogP contribution in [0.2, 0.25) is 0 Å². The van der Waals surface area contributed by atoms with Crippen LogP contribution in [-0.2, 0) is 11.2 Å². The number of aryl methyl sites for hydroxylation is 1. The van der Waals surface area contributed by atoms with Crippen molar-refractivity contribution in [3.8, 4) is 5.75 Å². The summed E-state index contributed by atoms with van der Waals surface area (Å²) in [5.74, 6) is 0.668. The minimum Gasteiger partial charge on any atom is -0.483 e. The lowest BCUT2D eigenvalue weighted by Gasteiger charge is -2.29. The van der Waals surface area contributed by atoms with Gasteiger partial charge in [0.05, 0.1) is 4.47 Å². The quantitative estimate of drug-likeness (QED) is 0.883. The molecule has 116 valence electrons. The molecule has 1 saturated heterocycles. The topological polar surface area (TPSA) is 41.6 Å². The summed E-state index contributed by atoms with van der Waals surface area (Å²) in [4.78, 5) is 14.2. The summed E-state index contributed by atoms with van der Waals surface area (Å²) in [7, 11) is 2.11. The van der Waals surface area contributed by atoms with Crippen LogP contribution in [0.5, 0.6) is 5.75 Å². The van der Waals surface area contributed by atoms with Crippen molar-refractivity contribution >= 4 is 21.8 Å². The van der Waals surface area contributed by atoms with Gasteiger partial charge in [-0.25, -0.2) is 0 Å². The molecule has 1 aromatic carbocycles. The first-order valence-electron chi connectivity index (χ1n) is 7.47. The summed E-state index contributed by atoms with van der Waals surface area (Å²) < 4.78 is 6.49. The highest BCUT2D eigenvalue weighted by Gasteiger charge is 2.18. The van der Waals surface area contributed by atoms with Crippen molar-refractivity contribution in [3.05, 3.63) is 28.2 Å². The molecule has 0 bridgehead atoms. The van der Waals surface area contributed by atoms with Crippen LogP contribution in [0, 0.1) is 0 Å². The number of benzene rings is 1. The van der Waals surface area contributed by atoms with Crippen LogP contribution in [0.4, 0.5) is 0 Å². The van der Waals surface area contributed by atoms with Crippen LogP contribution in [0.15, 0.2) is 22.7 Å². The number of carbonyl (C=O) groups is 1. The van der Waals surface area contributed by atoms with Gasteiger partial charge in [-0.1, -0.05) is 13.0 Å². The van der Waals surface area contributed by atoms with E-state index in [2.05, 4.69) is 40.1 Å². The second-order valence-electron chi connectivity index (χ2n) is 5.55. The number of amides is 1. The van der Waals surface area contributed by atoms with Gasteiger partial charge in [-0.2, -0.15) is 0 Å². The van der Waals surface area contributed by atoms with Gasteiger partial charge in [0.2, 0.25) is 0 Å². The van der Waals surface area contributed by atoms with Crippen molar-refractivity contribution < 1.29 is 9.53 Å². The first-order valence-corrected chi connectivity index (χ1v) is 8.27. The predicted molar refractivity (Wildman–Crippen MR) is 87.7 cm³/mol. The Morgan fingerprint density at radius 2 is 2.14 bits per heavy atom. The molecule has 21 heavy (non-hydrogen) atoms. The van der Waals surface area contributed by atoms with E-state index >= 15 is 0 Å². The van der Waals surface area contributed by atoms with E-state index < -0.39 is 0 Å². The van der Waals surface area contributed by atoms with Crippen molar-refractivity contribution in [2.24, 2.45) is 0 Å². The predicted octanol–water partition coefficient (Wildman–Crippen LogP) is 2.60. The molecule has 1 aromatic rings. The van der Waals surface area contributed by atoms with E-state index in [4.69, 9.17) is 4.74 Å². The summed E-state index contributed by atoms with van der Waals surface area (Å²) in [5.41, 5.74) is 1.24. The van der Waals surface area contributed by atoms with Crippen LogP contribution in [0.3, 0.4) is 0 Å². The Balaban J connectivity index is 1.78. The fraction of sp³-hybridized carbons (Fsp3) is 0.562. The van der Waals surface area contributed by atoms with Gasteiger partial charge in [0.1, 0.15) is 5.75 Å². The molecule has 0 saturated carbocycles. The Labute approximate surface area is 135 Å². The molecular formula is C16H23BrN2O2. The van der Waals surface area contributed by atoms with E-state index in [9.17, 15) is 4.79 Å². The van der Waals surface area contributed by atoms with Gasteiger partial charge in [0, 0.05) is 6.04 Å². The highest BCUT2D eigenvalue weighted by Crippen LogP contribution is 2.26. The standard InChI is InChI=1S/C16H23BrN2O2/c1-3-12-4-5-15(14(17)10-12)21-11-16(20)18-13-6-8-19(2)9-7-13/h4-5,10,13H,3,6-9,11H2,1-2H3,(H,18,20). The van der Waals surface area contributed by atoms with Crippen LogP contribution in [0.25, 0.3) is 0 Å². The van der Waals surface area contributed by atoms with Gasteiger partial charge < -0.3 is 15.0 Å². The third-order valence-electron chi connectivity index (χ3n) is 3.85. The summed E-state index contributed by atoms with van der Waals surface area (Å²) in [5, 5.41) is 3.05. The van der Waals surface area contributed by atoms with E-state index in [-0.39, 0.29) is 18.6 Å². The van der Waals surface area contributed by atoms with E-state index in [0.717, 1.165) is 36.8 Å². The minimum absolute atomic E-state index is 0.0454. The van der Waals surface area contributed by atoms with Crippen molar-refractivity contribution in [1.29, 1.82) is 0 Å². The molecule has 0 spiro atoms. The van der Waals surface area contributed by atoms with Gasteiger partial charge in [0.25, 0.3) is 5.91 Å². The number of hydrogen-bond acceptors (Lipinski definition) is 3. The van der Waals surface area contributed by atoms with Crippen molar-refractivity contribution in [2.45, 2.75) is 32.2 Å². The average molecular weight is 355 g/mol. The molecule has 1 fully saturated rings. The first kappa shape index (κ1) is 16.3. The maximum absolute atomic E-state index is 11.9. The smallest absolute Gasteiger partial charge is 0.258 e. The Hall–Kier alpha value is -1.07. The number of nitrogens with zero attached hydrogens (tertiary/aromatic N) is 1. The van der Waals surface area contributed by atoms with E-state index in [1.54, 1.807) is 0 Å². The highest BCUT2D eigenvalue weighted by atomic mass is 79.9. The number of hydrogen-bond donors (Lipinski definition) is 1. The highest BCUT2D eigenvalue weighted by molar-refractivity contribution is 9.10. The van der Waals surface area contributed by atoms with Crippen LogP contribution >= 0.6 is 15.9 Å². The molecule has 2 rings (SSSR count). The SMILES string of the molecule is CCc1ccc(OCC(=O)NC2CCN(C)CC2)c(Br)c1. The van der Waals surface area contributed by atoms with Gasteiger partial charge in [-0.05, 0) is 73.0 Å². The van der Waals surface area contributed by atoms with Crippen molar-refractivity contribution in [2.75, 3.05) is 26.7 Å². The van der Waals surface area contributed by atoms with Gasteiger partial charge in [-0.3, -0.25) is 4.79 Å². The van der Waals surface area contributed by atoms with Crippen LogP contribution in [0.1, 0.15) is 25.3 Å². The number of nitrogens with one attached hydrogen (secondary N) is 1. The largest absolute Gasteiger partial charge is 0.483 e. The van der Waals surface area contributed by atoms with Crippen molar-refractivity contribution in [1.82, 2.24) is 10.2 Å². The third kappa shape index (κ3) is 5.00. The molecule has 5 heteroatoms. The second kappa shape index (κ2) is 7.80. The minimum atomic E-state index is -0.0454. The molecule has 0 atom stereocenters. The van der Waals surface area contributed by atoms with E-state index in [0.29, 0.717) is 5.75 Å². The lowest BCUT2D eigenvalue weighted by atomic mass is 10.1. The summed E-state index contributed by atoms with van der Waals surface area (Å²) in [6.45, 7) is 4.25. The Morgan fingerprint density at radius 1 is 1.43 bits per heavy atom. The molecule has 1 amide bonds. The summed E-state index contributed by atoms with van der Waals surface area (Å²) in [6.07, 6.45) is 3.00. The first-order chi connectivity index (χ1) is 10.1. The number of carbonyl (C=O) groups excluding carboxylic acids is 1. The molecule has 1 N–H and O–H groups in total. The summed E-state index contributed by atoms with van der Waals surface area (Å²) >= 11 is 3.48. The average Bonchev–Trinajstić information content (AvgIpc) is 2.48. The van der Waals surface area contributed by atoms with Crippen LogP contribution < -0.4 is 10.1 Å². The number of likely N-dealkylation sites (tertiary alicyclic amines) is 1. The number of piperidine rings is 1. The van der Waals surface area contributed by atoms with Crippen molar-refractivity contribution in [3.63, 3.8) is 0 Å². The fourth-order valence-corrected chi connectivity index (χ4v) is 2.99. The molecular weight excluding hydrogens is 332 g/mol. The molecule has 1 aliphatic rings. The molecule has 0 aromatic heterocycles. The molecule has 1 aliphatic heterocycles. The zero-order chi connectivity index (χ0) is 15.2.